The first-order valence-electron chi connectivity index (χ1n) is 9.49. The molecule has 134 valence electrons. The number of carbonyl (C=O) groups excluding carboxylic acids is 1. The third kappa shape index (κ3) is 2.43. The monoisotopic (exact) mass is 349 g/mol. The van der Waals surface area contributed by atoms with Gasteiger partial charge < -0.3 is 9.88 Å². The summed E-state index contributed by atoms with van der Waals surface area (Å²) >= 11 is 0. The first kappa shape index (κ1) is 15.6. The second kappa shape index (κ2) is 5.97. The van der Waals surface area contributed by atoms with E-state index >= 15 is 0 Å². The van der Waals surface area contributed by atoms with Gasteiger partial charge in [-0.2, -0.15) is 5.10 Å². The quantitative estimate of drug-likeness (QED) is 0.744. The Morgan fingerprint density at radius 1 is 1.27 bits per heavy atom. The lowest BCUT2D eigenvalue weighted by Crippen LogP contribution is -2.36. The summed E-state index contributed by atoms with van der Waals surface area (Å²) in [6, 6.07) is 6.29. The van der Waals surface area contributed by atoms with Gasteiger partial charge in [-0.15, -0.1) is 0 Å². The van der Waals surface area contributed by atoms with E-state index in [4.69, 9.17) is 4.98 Å². The summed E-state index contributed by atoms with van der Waals surface area (Å²) in [5.41, 5.74) is 5.45. The molecule has 0 saturated carbocycles. The van der Waals surface area contributed by atoms with Gasteiger partial charge in [-0.25, -0.2) is 4.98 Å². The molecule has 0 radical (unpaired) electrons. The molecule has 1 amide bonds. The summed E-state index contributed by atoms with van der Waals surface area (Å²) < 4.78 is 0. The van der Waals surface area contributed by atoms with E-state index in [1.54, 1.807) is 0 Å². The van der Waals surface area contributed by atoms with Crippen molar-refractivity contribution in [3.05, 3.63) is 47.0 Å². The Labute approximate surface area is 152 Å². The summed E-state index contributed by atoms with van der Waals surface area (Å²) in [5.74, 6) is 1.08. The number of benzene rings is 1. The van der Waals surface area contributed by atoms with Crippen LogP contribution in [0.3, 0.4) is 0 Å². The largest absolute Gasteiger partial charge is 0.340 e. The van der Waals surface area contributed by atoms with Crippen LogP contribution >= 0.6 is 0 Å². The number of H-pyrrole nitrogens is 2. The molecule has 2 unspecified atom stereocenters. The minimum absolute atomic E-state index is 0.0486. The minimum Gasteiger partial charge on any atom is -0.340 e. The number of hydrogen-bond donors (Lipinski definition) is 2. The maximum atomic E-state index is 13.4. The fourth-order valence-electron chi connectivity index (χ4n) is 4.53. The Bertz CT molecular complexity index is 972. The van der Waals surface area contributed by atoms with E-state index in [9.17, 15) is 4.79 Å². The summed E-state index contributed by atoms with van der Waals surface area (Å²) in [7, 11) is 0. The molecule has 1 saturated heterocycles. The number of imidazole rings is 1. The van der Waals surface area contributed by atoms with Gasteiger partial charge in [0, 0.05) is 17.8 Å². The van der Waals surface area contributed by atoms with Crippen molar-refractivity contribution in [2.24, 2.45) is 0 Å². The third-order valence-corrected chi connectivity index (χ3v) is 5.85. The zero-order chi connectivity index (χ0) is 17.7. The lowest BCUT2D eigenvalue weighted by Gasteiger charge is -2.29. The Morgan fingerprint density at radius 2 is 2.19 bits per heavy atom. The number of nitrogens with zero attached hydrogens (tertiary/aromatic N) is 3. The van der Waals surface area contributed by atoms with Crippen LogP contribution in [-0.2, 0) is 11.2 Å². The molecular formula is C20H23N5O. The molecular weight excluding hydrogens is 326 g/mol. The second-order valence-corrected chi connectivity index (χ2v) is 7.58. The zero-order valence-electron chi connectivity index (χ0n) is 15.0. The van der Waals surface area contributed by atoms with Crippen molar-refractivity contribution in [3.63, 3.8) is 0 Å². The van der Waals surface area contributed by atoms with Crippen molar-refractivity contribution in [1.29, 1.82) is 0 Å². The third-order valence-electron chi connectivity index (χ3n) is 5.85. The number of rotatable bonds is 2. The SMILES string of the molecule is Cc1ccc2nc(C3CCCN3C(=O)C3CCCc4[nH]ncc43)[nH]c2c1. The highest BCUT2D eigenvalue weighted by Gasteiger charge is 2.38. The number of aromatic nitrogens is 4. The maximum Gasteiger partial charge on any atom is 0.230 e. The Balaban J connectivity index is 1.46. The lowest BCUT2D eigenvalue weighted by atomic mass is 9.86. The molecule has 5 rings (SSSR count). The van der Waals surface area contributed by atoms with E-state index in [1.165, 1.54) is 5.56 Å². The maximum absolute atomic E-state index is 13.4. The summed E-state index contributed by atoms with van der Waals surface area (Å²) in [4.78, 5) is 23.6. The standard InChI is InChI=1S/C20H23N5O/c1-12-7-8-16-17(10-12)23-19(22-16)18-6-3-9-25(18)20(26)13-4-2-5-15-14(13)11-21-24-15/h7-8,10-11,13,18H,2-6,9H2,1H3,(H,21,24)(H,22,23). The van der Waals surface area contributed by atoms with Crippen LogP contribution in [0, 0.1) is 6.92 Å². The molecule has 1 aliphatic heterocycles. The molecule has 6 nitrogen and oxygen atoms in total. The normalized spacial score (nSPS) is 22.7. The Kier molecular flexibility index (Phi) is 3.58. The summed E-state index contributed by atoms with van der Waals surface area (Å²) in [6.45, 7) is 2.89. The van der Waals surface area contributed by atoms with Crippen LogP contribution in [0.4, 0.5) is 0 Å². The van der Waals surface area contributed by atoms with E-state index in [1.807, 2.05) is 17.2 Å². The first-order chi connectivity index (χ1) is 12.7. The van der Waals surface area contributed by atoms with E-state index < -0.39 is 0 Å². The summed E-state index contributed by atoms with van der Waals surface area (Å²) in [5, 5.41) is 7.22. The van der Waals surface area contributed by atoms with Crippen LogP contribution in [0.5, 0.6) is 0 Å². The predicted molar refractivity (Wildman–Crippen MR) is 98.8 cm³/mol. The van der Waals surface area contributed by atoms with Crippen LogP contribution in [-0.4, -0.2) is 37.5 Å². The van der Waals surface area contributed by atoms with Gasteiger partial charge in [0.1, 0.15) is 5.82 Å². The molecule has 0 bridgehead atoms. The van der Waals surface area contributed by atoms with Gasteiger partial charge in [0.05, 0.1) is 29.2 Å². The fourth-order valence-corrected chi connectivity index (χ4v) is 4.53. The van der Waals surface area contributed by atoms with Gasteiger partial charge in [0.2, 0.25) is 5.91 Å². The molecule has 3 heterocycles. The average Bonchev–Trinajstić information content (AvgIpc) is 3.37. The van der Waals surface area contributed by atoms with Gasteiger partial charge in [-0.3, -0.25) is 9.89 Å². The highest BCUT2D eigenvalue weighted by atomic mass is 16.2. The highest BCUT2D eigenvalue weighted by molar-refractivity contribution is 5.85. The Morgan fingerprint density at radius 3 is 3.12 bits per heavy atom. The van der Waals surface area contributed by atoms with Crippen LogP contribution < -0.4 is 0 Å². The van der Waals surface area contributed by atoms with Crippen molar-refractivity contribution in [2.75, 3.05) is 6.54 Å². The second-order valence-electron chi connectivity index (χ2n) is 7.58. The molecule has 1 aliphatic carbocycles. The van der Waals surface area contributed by atoms with Gasteiger partial charge >= 0.3 is 0 Å². The van der Waals surface area contributed by atoms with Crippen molar-refractivity contribution < 1.29 is 4.79 Å². The Hall–Kier alpha value is -2.63. The number of nitrogens with one attached hydrogen (secondary N) is 2. The molecule has 1 fully saturated rings. The van der Waals surface area contributed by atoms with Crippen molar-refractivity contribution in [3.8, 4) is 0 Å². The van der Waals surface area contributed by atoms with E-state index in [2.05, 4.69) is 34.2 Å². The average molecular weight is 349 g/mol. The predicted octanol–water partition coefficient (Wildman–Crippen LogP) is 3.38. The highest BCUT2D eigenvalue weighted by Crippen LogP contribution is 2.38. The zero-order valence-corrected chi connectivity index (χ0v) is 15.0. The molecule has 6 heteroatoms. The number of amides is 1. The number of fused-ring (bicyclic) bond motifs is 2. The van der Waals surface area contributed by atoms with Gasteiger partial charge in [-0.1, -0.05) is 6.07 Å². The van der Waals surface area contributed by atoms with Crippen molar-refractivity contribution >= 4 is 16.9 Å². The number of carbonyl (C=O) groups is 1. The van der Waals surface area contributed by atoms with Crippen LogP contribution in [0.15, 0.2) is 24.4 Å². The molecule has 2 aromatic heterocycles. The fraction of sp³-hybridized carbons (Fsp3) is 0.450. The van der Waals surface area contributed by atoms with Gasteiger partial charge in [-0.05, 0) is 56.7 Å². The molecule has 26 heavy (non-hydrogen) atoms. The molecule has 2 atom stereocenters. The van der Waals surface area contributed by atoms with E-state index in [0.29, 0.717) is 0 Å². The van der Waals surface area contributed by atoms with Gasteiger partial charge in [0.15, 0.2) is 0 Å². The van der Waals surface area contributed by atoms with Gasteiger partial charge in [0.25, 0.3) is 0 Å². The van der Waals surface area contributed by atoms with E-state index in [-0.39, 0.29) is 17.9 Å². The van der Waals surface area contributed by atoms with Crippen LogP contribution in [0.25, 0.3) is 11.0 Å². The number of aryl methyl sites for hydroxylation is 2. The summed E-state index contributed by atoms with van der Waals surface area (Å²) in [6.07, 6.45) is 6.77. The topological polar surface area (TPSA) is 77.7 Å². The molecule has 3 aromatic rings. The molecule has 0 spiro atoms. The molecule has 2 aliphatic rings. The molecule has 1 aromatic carbocycles. The molecule has 2 N–H and O–H groups in total. The van der Waals surface area contributed by atoms with E-state index in [0.717, 1.165) is 66.8 Å². The number of hydrogen-bond acceptors (Lipinski definition) is 3. The number of aromatic amines is 2. The smallest absolute Gasteiger partial charge is 0.230 e. The van der Waals surface area contributed by atoms with Crippen LogP contribution in [0.2, 0.25) is 0 Å². The first-order valence-corrected chi connectivity index (χ1v) is 9.49. The number of likely N-dealkylation sites (tertiary alicyclic amines) is 1. The van der Waals surface area contributed by atoms with Crippen molar-refractivity contribution in [1.82, 2.24) is 25.1 Å². The van der Waals surface area contributed by atoms with Crippen LogP contribution in [0.1, 0.15) is 60.3 Å². The minimum atomic E-state index is -0.0651. The lowest BCUT2D eigenvalue weighted by molar-refractivity contribution is -0.134. The van der Waals surface area contributed by atoms with Crippen molar-refractivity contribution in [2.45, 2.75) is 51.0 Å².